The van der Waals surface area contributed by atoms with Crippen molar-refractivity contribution < 1.29 is 9.21 Å². The predicted octanol–water partition coefficient (Wildman–Crippen LogP) is 4.33. The van der Waals surface area contributed by atoms with E-state index in [-0.39, 0.29) is 11.8 Å². The highest BCUT2D eigenvalue weighted by Crippen LogP contribution is 2.28. The minimum atomic E-state index is 0.00986. The Morgan fingerprint density at radius 3 is 2.93 bits per heavy atom. The number of benzene rings is 1. The Kier molecular flexibility index (Phi) is 5.21. The summed E-state index contributed by atoms with van der Waals surface area (Å²) in [6.45, 7) is 1.36. The third kappa shape index (κ3) is 4.03. The number of nitrogens with zero attached hydrogens (tertiary/aromatic N) is 3. The maximum Gasteiger partial charge on any atom is 0.255 e. The lowest BCUT2D eigenvalue weighted by Crippen LogP contribution is -2.39. The molecule has 1 aromatic carbocycles. The molecule has 3 aromatic rings. The molecule has 1 saturated heterocycles. The fourth-order valence-electron chi connectivity index (χ4n) is 3.46. The lowest BCUT2D eigenvalue weighted by Gasteiger charge is -2.31. The van der Waals surface area contributed by atoms with Crippen molar-refractivity contribution in [3.63, 3.8) is 0 Å². The third-order valence-corrected chi connectivity index (χ3v) is 5.23. The van der Waals surface area contributed by atoms with Gasteiger partial charge in [-0.1, -0.05) is 29.8 Å². The Balaban J connectivity index is 1.45. The molecule has 1 aliphatic rings. The van der Waals surface area contributed by atoms with E-state index in [2.05, 4.69) is 9.97 Å². The minimum absolute atomic E-state index is 0.00986. The number of likely N-dealkylation sites (tertiary alicyclic amines) is 1. The minimum Gasteiger partial charge on any atom is -0.445 e. The second kappa shape index (κ2) is 7.92. The Labute approximate surface area is 163 Å². The smallest absolute Gasteiger partial charge is 0.255 e. The first-order valence-electron chi connectivity index (χ1n) is 9.08. The summed E-state index contributed by atoms with van der Waals surface area (Å²) in [4.78, 5) is 23.1. The van der Waals surface area contributed by atoms with Gasteiger partial charge >= 0.3 is 0 Å². The first-order chi connectivity index (χ1) is 13.2. The third-order valence-electron chi connectivity index (χ3n) is 4.86. The van der Waals surface area contributed by atoms with Gasteiger partial charge in [0.1, 0.15) is 5.76 Å². The number of oxazole rings is 1. The van der Waals surface area contributed by atoms with Crippen LogP contribution in [-0.2, 0) is 6.42 Å². The zero-order chi connectivity index (χ0) is 18.6. The average molecular weight is 382 g/mol. The molecule has 4 rings (SSSR count). The molecule has 0 N–H and O–H groups in total. The molecule has 1 amide bonds. The molecule has 0 saturated carbocycles. The van der Waals surface area contributed by atoms with Crippen LogP contribution in [0.25, 0.3) is 0 Å². The molecule has 138 valence electrons. The molecule has 0 unspecified atom stereocenters. The quantitative estimate of drug-likeness (QED) is 0.674. The highest BCUT2D eigenvalue weighted by atomic mass is 35.5. The summed E-state index contributed by atoms with van der Waals surface area (Å²) in [7, 11) is 0. The second-order valence-electron chi connectivity index (χ2n) is 6.77. The van der Waals surface area contributed by atoms with Gasteiger partial charge in [-0.25, -0.2) is 4.98 Å². The van der Waals surface area contributed by atoms with Crippen LogP contribution in [0.3, 0.4) is 0 Å². The van der Waals surface area contributed by atoms with Gasteiger partial charge in [-0.05, 0) is 36.6 Å². The molecule has 6 heteroatoms. The molecular formula is C21H20ClN3O2. The van der Waals surface area contributed by atoms with Gasteiger partial charge < -0.3 is 9.32 Å². The first kappa shape index (κ1) is 17.7. The van der Waals surface area contributed by atoms with Crippen LogP contribution in [0.5, 0.6) is 0 Å². The summed E-state index contributed by atoms with van der Waals surface area (Å²) in [5, 5.41) is 0.723. The van der Waals surface area contributed by atoms with Crippen LogP contribution in [0.4, 0.5) is 0 Å². The van der Waals surface area contributed by atoms with Crippen molar-refractivity contribution in [1.82, 2.24) is 14.9 Å². The molecule has 5 nitrogen and oxygen atoms in total. The number of piperidine rings is 1. The molecule has 1 fully saturated rings. The van der Waals surface area contributed by atoms with E-state index in [1.54, 1.807) is 30.7 Å². The summed E-state index contributed by atoms with van der Waals surface area (Å²) in [6, 6.07) is 11.3. The molecule has 2 aromatic heterocycles. The van der Waals surface area contributed by atoms with Crippen molar-refractivity contribution >= 4 is 17.5 Å². The monoisotopic (exact) mass is 381 g/mol. The summed E-state index contributed by atoms with van der Waals surface area (Å²) in [6.07, 6.45) is 7.54. The van der Waals surface area contributed by atoms with Crippen LogP contribution in [0.1, 0.15) is 46.3 Å². The number of aromatic nitrogens is 2. The number of hydrogen-bond donors (Lipinski definition) is 0. The van der Waals surface area contributed by atoms with Crippen LogP contribution in [-0.4, -0.2) is 33.9 Å². The van der Waals surface area contributed by atoms with E-state index in [4.69, 9.17) is 16.0 Å². The van der Waals surface area contributed by atoms with Crippen LogP contribution in [0, 0.1) is 0 Å². The van der Waals surface area contributed by atoms with Crippen molar-refractivity contribution in [2.75, 3.05) is 13.1 Å². The molecule has 0 spiro atoms. The summed E-state index contributed by atoms with van der Waals surface area (Å²) >= 11 is 6.23. The van der Waals surface area contributed by atoms with Gasteiger partial charge in [0.25, 0.3) is 5.91 Å². The number of pyridine rings is 1. The molecule has 0 aliphatic carbocycles. The summed E-state index contributed by atoms with van der Waals surface area (Å²) < 4.78 is 6.00. The number of amides is 1. The zero-order valence-corrected chi connectivity index (χ0v) is 15.6. The van der Waals surface area contributed by atoms with Crippen LogP contribution in [0.2, 0.25) is 5.02 Å². The van der Waals surface area contributed by atoms with Gasteiger partial charge in [0, 0.05) is 36.9 Å². The van der Waals surface area contributed by atoms with Gasteiger partial charge in [0.15, 0.2) is 5.89 Å². The predicted molar refractivity (Wildman–Crippen MR) is 103 cm³/mol. The SMILES string of the molecule is O=C(c1cccnc1)N1CCC[C@@H](c2ncc(Cc3ccccc3Cl)o2)C1. The number of carbonyl (C=O) groups excluding carboxylic acids is 1. The van der Waals surface area contributed by atoms with Crippen molar-refractivity contribution in [1.29, 1.82) is 0 Å². The topological polar surface area (TPSA) is 59.2 Å². The Morgan fingerprint density at radius 2 is 2.11 bits per heavy atom. The molecule has 0 bridgehead atoms. The van der Waals surface area contributed by atoms with Crippen molar-refractivity contribution in [3.8, 4) is 0 Å². The van der Waals surface area contributed by atoms with E-state index in [0.29, 0.717) is 24.4 Å². The average Bonchev–Trinajstić information content (AvgIpc) is 3.19. The maximum absolute atomic E-state index is 12.7. The molecule has 1 aliphatic heterocycles. The van der Waals surface area contributed by atoms with Gasteiger partial charge in [0.05, 0.1) is 17.7 Å². The Hall–Kier alpha value is -2.66. The second-order valence-corrected chi connectivity index (χ2v) is 7.17. The van der Waals surface area contributed by atoms with Crippen LogP contribution in [0.15, 0.2) is 59.4 Å². The summed E-state index contributed by atoms with van der Waals surface area (Å²) in [5.74, 6) is 1.60. The fraction of sp³-hybridized carbons (Fsp3) is 0.286. The number of rotatable bonds is 4. The van der Waals surface area contributed by atoms with E-state index in [0.717, 1.165) is 35.7 Å². The number of carbonyl (C=O) groups is 1. The van der Waals surface area contributed by atoms with Crippen molar-refractivity contribution in [2.24, 2.45) is 0 Å². The lowest BCUT2D eigenvalue weighted by atomic mass is 9.97. The van der Waals surface area contributed by atoms with Crippen LogP contribution < -0.4 is 0 Å². The standard InChI is InChI=1S/C21H20ClN3O2/c22-19-8-2-1-5-15(19)11-18-13-24-20(27-18)17-7-4-10-25(14-17)21(26)16-6-3-9-23-12-16/h1-3,5-6,8-9,12-13,17H,4,7,10-11,14H2/t17-/m1/s1. The molecule has 1 atom stereocenters. The normalized spacial score (nSPS) is 17.1. The Bertz CT molecular complexity index is 926. The van der Waals surface area contributed by atoms with Crippen molar-refractivity contribution in [3.05, 3.63) is 82.8 Å². The van der Waals surface area contributed by atoms with E-state index in [9.17, 15) is 4.79 Å². The molecule has 0 radical (unpaired) electrons. The van der Waals surface area contributed by atoms with Gasteiger partial charge in [0.2, 0.25) is 0 Å². The van der Waals surface area contributed by atoms with E-state index in [1.807, 2.05) is 29.2 Å². The highest BCUT2D eigenvalue weighted by molar-refractivity contribution is 6.31. The largest absolute Gasteiger partial charge is 0.445 e. The van der Waals surface area contributed by atoms with Gasteiger partial charge in [-0.2, -0.15) is 0 Å². The number of hydrogen-bond acceptors (Lipinski definition) is 4. The number of halogens is 1. The van der Waals surface area contributed by atoms with Crippen LogP contribution >= 0.6 is 11.6 Å². The lowest BCUT2D eigenvalue weighted by molar-refractivity contribution is 0.0697. The highest BCUT2D eigenvalue weighted by Gasteiger charge is 2.28. The van der Waals surface area contributed by atoms with Gasteiger partial charge in [-0.15, -0.1) is 0 Å². The molecular weight excluding hydrogens is 362 g/mol. The van der Waals surface area contributed by atoms with E-state index >= 15 is 0 Å². The molecule has 3 heterocycles. The Morgan fingerprint density at radius 1 is 1.22 bits per heavy atom. The van der Waals surface area contributed by atoms with E-state index < -0.39 is 0 Å². The van der Waals surface area contributed by atoms with Gasteiger partial charge in [-0.3, -0.25) is 9.78 Å². The zero-order valence-electron chi connectivity index (χ0n) is 14.8. The molecule has 27 heavy (non-hydrogen) atoms. The first-order valence-corrected chi connectivity index (χ1v) is 9.46. The maximum atomic E-state index is 12.7. The van der Waals surface area contributed by atoms with Crippen molar-refractivity contribution in [2.45, 2.75) is 25.2 Å². The van der Waals surface area contributed by atoms with E-state index in [1.165, 1.54) is 0 Å². The summed E-state index contributed by atoms with van der Waals surface area (Å²) in [5.41, 5.74) is 1.63. The fourth-order valence-corrected chi connectivity index (χ4v) is 3.66.